The number of alkyl halides is 3. The van der Waals surface area contributed by atoms with Gasteiger partial charge >= 0.3 is 12.1 Å². The minimum Gasteiger partial charge on any atom is -0.480 e. The van der Waals surface area contributed by atoms with Crippen LogP contribution >= 0.6 is 0 Å². The topological polar surface area (TPSA) is 86.7 Å². The first-order valence-electron chi connectivity index (χ1n) is 5.38. The van der Waals surface area contributed by atoms with E-state index in [0.29, 0.717) is 4.90 Å². The summed E-state index contributed by atoms with van der Waals surface area (Å²) in [6, 6.07) is -1.40. The van der Waals surface area contributed by atoms with Crippen LogP contribution in [0.3, 0.4) is 0 Å². The lowest BCUT2D eigenvalue weighted by Gasteiger charge is -2.27. The van der Waals surface area contributed by atoms with Crippen molar-refractivity contribution < 1.29 is 32.7 Å². The van der Waals surface area contributed by atoms with Crippen LogP contribution in [0.1, 0.15) is 20.3 Å². The molecule has 0 aromatic heterocycles. The predicted molar refractivity (Wildman–Crippen MR) is 58.2 cm³/mol. The molecule has 0 aliphatic carbocycles. The average molecular weight is 284 g/mol. The van der Waals surface area contributed by atoms with Gasteiger partial charge in [-0.1, -0.05) is 0 Å². The lowest BCUT2D eigenvalue weighted by atomic mass is 10.2. The van der Waals surface area contributed by atoms with Crippen molar-refractivity contribution in [2.24, 2.45) is 0 Å². The van der Waals surface area contributed by atoms with Crippen molar-refractivity contribution in [3.05, 3.63) is 0 Å². The number of halogens is 3. The minimum absolute atomic E-state index is 0.115. The van der Waals surface area contributed by atoms with Gasteiger partial charge in [-0.3, -0.25) is 9.59 Å². The number of carboxylic acids is 1. The first kappa shape index (κ1) is 17.2. The Labute approximate surface area is 107 Å². The number of nitrogens with one attached hydrogen (secondary N) is 1. The number of hydrogen-bond donors (Lipinski definition) is 2. The van der Waals surface area contributed by atoms with E-state index in [4.69, 9.17) is 5.11 Å². The number of rotatable bonds is 6. The van der Waals surface area contributed by atoms with Crippen molar-refractivity contribution in [3.8, 4) is 0 Å². The van der Waals surface area contributed by atoms with Crippen molar-refractivity contribution in [2.45, 2.75) is 32.5 Å². The Kier molecular flexibility index (Phi) is 6.30. The lowest BCUT2D eigenvalue weighted by molar-refractivity contribution is -0.167. The second kappa shape index (κ2) is 6.95. The third kappa shape index (κ3) is 7.27. The minimum atomic E-state index is -4.71. The molecule has 110 valence electrons. The summed E-state index contributed by atoms with van der Waals surface area (Å²) in [7, 11) is 0. The van der Waals surface area contributed by atoms with Gasteiger partial charge in [-0.25, -0.2) is 4.79 Å². The third-order valence-corrected chi connectivity index (χ3v) is 2.22. The zero-order valence-electron chi connectivity index (χ0n) is 10.5. The quantitative estimate of drug-likeness (QED) is 0.738. The van der Waals surface area contributed by atoms with Gasteiger partial charge in [0.2, 0.25) is 11.8 Å². The molecule has 0 aromatic rings. The molecule has 0 heterocycles. The van der Waals surface area contributed by atoms with E-state index in [1.807, 2.05) is 0 Å². The van der Waals surface area contributed by atoms with Crippen LogP contribution in [-0.2, 0) is 14.4 Å². The van der Waals surface area contributed by atoms with Crippen molar-refractivity contribution >= 4 is 17.8 Å². The fraction of sp³-hybridized carbons (Fsp3) is 0.700. The second-order valence-electron chi connectivity index (χ2n) is 3.88. The van der Waals surface area contributed by atoms with Gasteiger partial charge in [-0.2, -0.15) is 13.2 Å². The third-order valence-electron chi connectivity index (χ3n) is 2.22. The molecule has 0 radical (unpaired) electrons. The smallest absolute Gasteiger partial charge is 0.397 e. The van der Waals surface area contributed by atoms with Crippen LogP contribution in [0.5, 0.6) is 0 Å². The number of nitrogens with zero attached hydrogens (tertiary/aromatic N) is 1. The van der Waals surface area contributed by atoms with E-state index in [-0.39, 0.29) is 13.1 Å². The monoisotopic (exact) mass is 284 g/mol. The summed E-state index contributed by atoms with van der Waals surface area (Å²) in [4.78, 5) is 33.3. The van der Waals surface area contributed by atoms with Crippen LogP contribution in [0.2, 0.25) is 0 Å². The molecule has 6 nitrogen and oxygen atoms in total. The van der Waals surface area contributed by atoms with Crippen molar-refractivity contribution in [1.29, 1.82) is 0 Å². The standard InChI is InChI=1S/C10H15F3N2O4/c1-6(9(18)19)15(4-3-14-7(2)16)8(17)5-10(11,12)13/h6H,3-5H2,1-2H3,(H,14,16)(H,18,19). The predicted octanol–water partition coefficient (Wildman–Crippen LogP) is 0.377. The molecule has 2 N–H and O–H groups in total. The molecular formula is C10H15F3N2O4. The number of carbonyl (C=O) groups excluding carboxylic acids is 2. The van der Waals surface area contributed by atoms with Crippen LogP contribution in [0.4, 0.5) is 13.2 Å². The molecule has 0 saturated carbocycles. The van der Waals surface area contributed by atoms with Crippen LogP contribution in [0.15, 0.2) is 0 Å². The highest BCUT2D eigenvalue weighted by Crippen LogP contribution is 2.21. The van der Waals surface area contributed by atoms with Gasteiger partial charge in [0.25, 0.3) is 0 Å². The summed E-state index contributed by atoms with van der Waals surface area (Å²) in [5.41, 5.74) is 0. The zero-order chi connectivity index (χ0) is 15.2. The molecule has 0 rings (SSSR count). The maximum absolute atomic E-state index is 12.1. The summed E-state index contributed by atoms with van der Waals surface area (Å²) in [5, 5.41) is 11.0. The second-order valence-corrected chi connectivity index (χ2v) is 3.88. The summed E-state index contributed by atoms with van der Waals surface area (Å²) in [6.07, 6.45) is -6.44. The highest BCUT2D eigenvalue weighted by atomic mass is 19.4. The summed E-state index contributed by atoms with van der Waals surface area (Å²) >= 11 is 0. The van der Waals surface area contributed by atoms with E-state index >= 15 is 0 Å². The number of aliphatic carboxylic acids is 1. The van der Waals surface area contributed by atoms with E-state index in [1.165, 1.54) is 6.92 Å². The summed E-state index contributed by atoms with van der Waals surface area (Å²) in [5.74, 6) is -3.18. The van der Waals surface area contributed by atoms with Gasteiger partial charge < -0.3 is 15.3 Å². The molecule has 1 atom stereocenters. The lowest BCUT2D eigenvalue weighted by Crippen LogP contribution is -2.47. The SMILES string of the molecule is CC(=O)NCCN(C(=O)CC(F)(F)F)C(C)C(=O)O. The van der Waals surface area contributed by atoms with E-state index in [0.717, 1.165) is 6.92 Å². The van der Waals surface area contributed by atoms with E-state index in [1.54, 1.807) is 0 Å². The van der Waals surface area contributed by atoms with Gasteiger partial charge in [0, 0.05) is 20.0 Å². The van der Waals surface area contributed by atoms with Crippen molar-refractivity contribution in [2.75, 3.05) is 13.1 Å². The Morgan fingerprint density at radius 2 is 1.84 bits per heavy atom. The molecule has 9 heteroatoms. The fourth-order valence-corrected chi connectivity index (χ4v) is 1.29. The largest absolute Gasteiger partial charge is 0.480 e. The summed E-state index contributed by atoms with van der Waals surface area (Å²) in [6.45, 7) is 1.88. The van der Waals surface area contributed by atoms with Gasteiger partial charge in [0.1, 0.15) is 12.5 Å². The van der Waals surface area contributed by atoms with Crippen LogP contribution in [-0.4, -0.2) is 53.1 Å². The number of carbonyl (C=O) groups is 3. The van der Waals surface area contributed by atoms with E-state index < -0.39 is 36.4 Å². The molecule has 0 aromatic carbocycles. The molecular weight excluding hydrogens is 269 g/mol. The molecule has 0 saturated heterocycles. The summed E-state index contributed by atoms with van der Waals surface area (Å²) < 4.78 is 36.3. The van der Waals surface area contributed by atoms with Gasteiger partial charge in [0.15, 0.2) is 0 Å². The van der Waals surface area contributed by atoms with Gasteiger partial charge in [0.05, 0.1) is 0 Å². The molecule has 0 aliphatic rings. The Balaban J connectivity index is 4.71. The molecule has 0 aliphatic heterocycles. The van der Waals surface area contributed by atoms with Crippen LogP contribution in [0.25, 0.3) is 0 Å². The number of hydrogen-bond acceptors (Lipinski definition) is 3. The maximum atomic E-state index is 12.1. The molecule has 0 bridgehead atoms. The Hall–Kier alpha value is -1.80. The highest BCUT2D eigenvalue weighted by molar-refractivity contribution is 5.83. The van der Waals surface area contributed by atoms with E-state index in [9.17, 15) is 27.6 Å². The average Bonchev–Trinajstić information content (AvgIpc) is 2.20. The van der Waals surface area contributed by atoms with Crippen LogP contribution < -0.4 is 5.32 Å². The molecule has 0 spiro atoms. The number of carboxylic acid groups (broad SMARTS) is 1. The Bertz CT molecular complexity index is 357. The Morgan fingerprint density at radius 1 is 1.32 bits per heavy atom. The fourth-order valence-electron chi connectivity index (χ4n) is 1.29. The molecule has 0 fully saturated rings. The molecule has 1 unspecified atom stereocenters. The number of amides is 2. The normalized spacial score (nSPS) is 12.7. The first-order valence-corrected chi connectivity index (χ1v) is 5.38. The zero-order valence-corrected chi connectivity index (χ0v) is 10.5. The highest BCUT2D eigenvalue weighted by Gasteiger charge is 2.36. The maximum Gasteiger partial charge on any atom is 0.397 e. The van der Waals surface area contributed by atoms with E-state index in [2.05, 4.69) is 5.32 Å². The Morgan fingerprint density at radius 3 is 2.21 bits per heavy atom. The molecule has 19 heavy (non-hydrogen) atoms. The molecule has 2 amide bonds. The van der Waals surface area contributed by atoms with Gasteiger partial charge in [-0.05, 0) is 6.92 Å². The van der Waals surface area contributed by atoms with Crippen molar-refractivity contribution in [3.63, 3.8) is 0 Å². The first-order chi connectivity index (χ1) is 8.54. The van der Waals surface area contributed by atoms with Crippen molar-refractivity contribution in [1.82, 2.24) is 10.2 Å². The van der Waals surface area contributed by atoms with Crippen LogP contribution in [0, 0.1) is 0 Å². The van der Waals surface area contributed by atoms with Gasteiger partial charge in [-0.15, -0.1) is 0 Å².